The summed E-state index contributed by atoms with van der Waals surface area (Å²) in [6.45, 7) is 0. The Morgan fingerprint density at radius 3 is 2.86 bits per heavy atom. The van der Waals surface area contributed by atoms with E-state index in [1.165, 1.54) is 6.42 Å². The van der Waals surface area contributed by atoms with Gasteiger partial charge in [0.15, 0.2) is 0 Å². The molecule has 0 heterocycles. The zero-order chi connectivity index (χ0) is 5.11. The van der Waals surface area contributed by atoms with Crippen LogP contribution in [0.15, 0.2) is 22.3 Å². The van der Waals surface area contributed by atoms with Crippen molar-refractivity contribution in [2.24, 2.45) is 0 Å². The predicted octanol–water partition coefficient (Wildman–Crippen LogP) is 1.96. The first kappa shape index (κ1) is 5.28. The molecule has 1 aliphatic rings. The van der Waals surface area contributed by atoms with Gasteiger partial charge in [-0.2, -0.15) is 0 Å². The molecule has 0 fully saturated rings. The Bertz CT molecular complexity index is 111. The molecule has 1 rings (SSSR count). The molecule has 0 amide bonds. The van der Waals surface area contributed by atoms with Crippen LogP contribution in [0.1, 0.15) is 6.42 Å². The van der Waals surface area contributed by atoms with Crippen LogP contribution in [-0.4, -0.2) is 0 Å². The third-order valence-electron chi connectivity index (χ3n) is 0.969. The van der Waals surface area contributed by atoms with Crippen LogP contribution in [-0.2, 0) is 18.0 Å². The Morgan fingerprint density at radius 1 is 1.71 bits per heavy atom. The van der Waals surface area contributed by atoms with Crippen LogP contribution >= 0.6 is 0 Å². The molecular weight excluding hydrogens is 258 g/mol. The number of hydrogen-bond donors (Lipinski definition) is 0. The molecule has 0 nitrogen and oxygen atoms in total. The first-order valence-electron chi connectivity index (χ1n) is 2.28. The fourth-order valence-electron chi connectivity index (χ4n) is 0.561. The molecule has 0 aromatic heterocycles. The summed E-state index contributed by atoms with van der Waals surface area (Å²) in [5.74, 6) is 0. The summed E-state index contributed by atoms with van der Waals surface area (Å²) in [5.41, 5.74) is 0. The molecule has 0 spiro atoms. The molecule has 1 heteroatoms. The Labute approximate surface area is 52.5 Å². The minimum absolute atomic E-state index is 0.0864. The third kappa shape index (κ3) is 1.26. The maximum absolute atomic E-state index is 2.35. The van der Waals surface area contributed by atoms with E-state index in [0.717, 1.165) is 0 Å². The van der Waals surface area contributed by atoms with Crippen molar-refractivity contribution in [3.63, 3.8) is 0 Å². The predicted molar refractivity (Wildman–Crippen MR) is 27.7 cm³/mol. The molecule has 0 radical (unpaired) electrons. The third-order valence-corrected chi connectivity index (χ3v) is 3.72. The van der Waals surface area contributed by atoms with Crippen molar-refractivity contribution in [2.75, 3.05) is 0 Å². The van der Waals surface area contributed by atoms with Crippen LogP contribution in [0.4, 0.5) is 0 Å². The molecule has 0 aliphatic heterocycles. The summed E-state index contributed by atoms with van der Waals surface area (Å²) in [6, 6.07) is 0. The molecule has 0 saturated carbocycles. The minimum atomic E-state index is 0.0864. The number of hydrogen-bond acceptors (Lipinski definition) is 0. The van der Waals surface area contributed by atoms with Crippen molar-refractivity contribution in [3.8, 4) is 0 Å². The van der Waals surface area contributed by atoms with Crippen molar-refractivity contribution in [1.29, 1.82) is 0 Å². The first-order chi connectivity index (χ1) is 3.43. The molecule has 0 unspecified atom stereocenters. The van der Waals surface area contributed by atoms with Crippen molar-refractivity contribution in [2.45, 2.75) is 11.8 Å². The van der Waals surface area contributed by atoms with Crippen LogP contribution in [0.5, 0.6) is 0 Å². The van der Waals surface area contributed by atoms with Crippen LogP contribution in [0, 0.1) is 0 Å². The molecular formula is C6H8Re. The molecule has 0 bridgehead atoms. The van der Waals surface area contributed by atoms with Crippen LogP contribution in [0.25, 0.3) is 0 Å². The Kier molecular flexibility index (Phi) is 1.85. The summed E-state index contributed by atoms with van der Waals surface area (Å²) in [4.78, 5) is 0. The van der Waals surface area contributed by atoms with Gasteiger partial charge in [-0.3, -0.25) is 0 Å². The molecule has 0 aromatic rings. The molecule has 0 saturated heterocycles. The molecule has 0 aromatic carbocycles. The van der Waals surface area contributed by atoms with Crippen molar-refractivity contribution in [1.82, 2.24) is 0 Å². The van der Waals surface area contributed by atoms with E-state index in [4.69, 9.17) is 0 Å². The Balaban J connectivity index is 2.45. The second-order valence-electron chi connectivity index (χ2n) is 1.43. The monoisotopic (exact) mass is 267 g/mol. The van der Waals surface area contributed by atoms with Gasteiger partial charge >= 0.3 is 52.1 Å². The second-order valence-corrected chi connectivity index (χ2v) is 4.54. The fraction of sp³-hybridized carbons (Fsp3) is 0.333. The summed E-state index contributed by atoms with van der Waals surface area (Å²) >= 11 is 0.0864. The Morgan fingerprint density at radius 2 is 2.57 bits per heavy atom. The molecule has 0 N–H and O–H groups in total. The van der Waals surface area contributed by atoms with Gasteiger partial charge in [-0.25, -0.2) is 0 Å². The quantitative estimate of drug-likeness (QED) is 0.680. The SMILES string of the molecule is [CH3][Re][C]1=CC=CC1. The summed E-state index contributed by atoms with van der Waals surface area (Å²) in [5, 5.41) is 2.35. The topological polar surface area (TPSA) is 0 Å². The van der Waals surface area contributed by atoms with E-state index >= 15 is 0 Å². The van der Waals surface area contributed by atoms with Crippen molar-refractivity contribution >= 4 is 0 Å². The van der Waals surface area contributed by atoms with Crippen LogP contribution < -0.4 is 0 Å². The molecule has 39 valence electrons. The van der Waals surface area contributed by atoms with Gasteiger partial charge in [-0.05, 0) is 0 Å². The molecule has 0 atom stereocenters. The van der Waals surface area contributed by atoms with Crippen LogP contribution in [0.2, 0.25) is 5.40 Å². The van der Waals surface area contributed by atoms with E-state index in [1.54, 1.807) is 4.05 Å². The average molecular weight is 266 g/mol. The first-order valence-corrected chi connectivity index (χ1v) is 6.36. The van der Waals surface area contributed by atoms with E-state index in [0.29, 0.717) is 0 Å². The van der Waals surface area contributed by atoms with Gasteiger partial charge in [0.25, 0.3) is 0 Å². The number of rotatable bonds is 1. The Hall–Kier alpha value is 0.142. The van der Waals surface area contributed by atoms with E-state index in [9.17, 15) is 0 Å². The van der Waals surface area contributed by atoms with Gasteiger partial charge in [-0.15, -0.1) is 0 Å². The van der Waals surface area contributed by atoms with Gasteiger partial charge in [-0.1, -0.05) is 0 Å². The normalized spacial score (nSPS) is 17.6. The number of allylic oxidation sites excluding steroid dienone is 4. The fourth-order valence-corrected chi connectivity index (χ4v) is 2.15. The average Bonchev–Trinajstić information content (AvgIpc) is 2.14. The maximum atomic E-state index is 2.35. The summed E-state index contributed by atoms with van der Waals surface area (Å²) < 4.78 is 1.71. The van der Waals surface area contributed by atoms with Gasteiger partial charge in [0.2, 0.25) is 0 Å². The summed E-state index contributed by atoms with van der Waals surface area (Å²) in [6.07, 6.45) is 7.91. The molecule has 7 heavy (non-hydrogen) atoms. The van der Waals surface area contributed by atoms with E-state index in [-0.39, 0.29) is 18.0 Å². The van der Waals surface area contributed by atoms with Gasteiger partial charge < -0.3 is 0 Å². The van der Waals surface area contributed by atoms with E-state index in [2.05, 4.69) is 23.6 Å². The zero-order valence-corrected chi connectivity index (χ0v) is 7.03. The second kappa shape index (κ2) is 2.45. The van der Waals surface area contributed by atoms with Crippen LogP contribution in [0.3, 0.4) is 0 Å². The zero-order valence-electron chi connectivity index (χ0n) is 4.32. The summed E-state index contributed by atoms with van der Waals surface area (Å²) in [7, 11) is 0. The standard InChI is InChI=1S/C5H5.CH3.Re/c1-2-4-5-3-1;;/h1-3H,4H2;1H3;. The van der Waals surface area contributed by atoms with E-state index in [1.807, 2.05) is 0 Å². The van der Waals surface area contributed by atoms with Gasteiger partial charge in [0.05, 0.1) is 0 Å². The molecule has 1 aliphatic carbocycles. The van der Waals surface area contributed by atoms with Gasteiger partial charge in [0.1, 0.15) is 0 Å². The van der Waals surface area contributed by atoms with Gasteiger partial charge in [0, 0.05) is 0 Å². The van der Waals surface area contributed by atoms with Crippen molar-refractivity contribution < 1.29 is 18.0 Å². The van der Waals surface area contributed by atoms with E-state index < -0.39 is 0 Å². The van der Waals surface area contributed by atoms with Crippen molar-refractivity contribution in [3.05, 3.63) is 22.3 Å².